The Morgan fingerprint density at radius 3 is 2.90 bits per heavy atom. The lowest BCUT2D eigenvalue weighted by atomic mass is 10.2. The Balaban J connectivity index is 2.19. The van der Waals surface area contributed by atoms with E-state index in [0.717, 1.165) is 31.5 Å². The molecule has 1 aromatic heterocycles. The van der Waals surface area contributed by atoms with Gasteiger partial charge in [-0.1, -0.05) is 0 Å². The van der Waals surface area contributed by atoms with E-state index in [1.807, 2.05) is 0 Å². The van der Waals surface area contributed by atoms with Crippen LogP contribution in [0.15, 0.2) is 12.3 Å². The van der Waals surface area contributed by atoms with Crippen molar-refractivity contribution in [3.8, 4) is 0 Å². The topological polar surface area (TPSA) is 105 Å². The smallest absolute Gasteiger partial charge is 0.337 e. The van der Waals surface area contributed by atoms with Crippen molar-refractivity contribution in [2.24, 2.45) is 0 Å². The molecule has 0 aromatic carbocycles. The number of thioether (sulfide) groups is 1. The Morgan fingerprint density at radius 2 is 2.35 bits per heavy atom. The van der Waals surface area contributed by atoms with Crippen LogP contribution in [0.4, 0.5) is 11.5 Å². The van der Waals surface area contributed by atoms with Crippen LogP contribution in [-0.2, 0) is 0 Å². The van der Waals surface area contributed by atoms with Crippen molar-refractivity contribution in [2.75, 3.05) is 11.6 Å². The van der Waals surface area contributed by atoms with Crippen molar-refractivity contribution >= 4 is 29.2 Å². The molecule has 0 radical (unpaired) electrons. The summed E-state index contributed by atoms with van der Waals surface area (Å²) in [5.74, 6) is -1.08. The standard InChI is InChI=1S/C12H15N3O4S/c1-20-9-3-2-8(5-9)14-11-10(15(18)19)4-7(6-13-11)12(16)17/h4,6,8-9H,2-3,5H2,1H3,(H,13,14)(H,16,17). The maximum Gasteiger partial charge on any atom is 0.337 e. The minimum absolute atomic E-state index is 0.145. The van der Waals surface area contributed by atoms with Crippen molar-refractivity contribution in [1.29, 1.82) is 0 Å². The molecule has 2 rings (SSSR count). The van der Waals surface area contributed by atoms with Gasteiger partial charge < -0.3 is 10.4 Å². The van der Waals surface area contributed by atoms with Gasteiger partial charge in [-0.05, 0) is 25.5 Å². The van der Waals surface area contributed by atoms with Gasteiger partial charge in [0, 0.05) is 23.6 Å². The molecule has 108 valence electrons. The van der Waals surface area contributed by atoms with Gasteiger partial charge in [-0.25, -0.2) is 9.78 Å². The number of anilines is 1. The minimum Gasteiger partial charge on any atom is -0.478 e. The van der Waals surface area contributed by atoms with Crippen molar-refractivity contribution < 1.29 is 14.8 Å². The summed E-state index contributed by atoms with van der Waals surface area (Å²) < 4.78 is 0. The number of aromatic carboxylic acids is 1. The fourth-order valence-corrected chi connectivity index (χ4v) is 3.10. The average molecular weight is 297 g/mol. The molecule has 2 unspecified atom stereocenters. The van der Waals surface area contributed by atoms with E-state index < -0.39 is 10.9 Å². The Labute approximate surface area is 119 Å². The summed E-state index contributed by atoms with van der Waals surface area (Å²) >= 11 is 1.79. The highest BCUT2D eigenvalue weighted by Gasteiger charge is 2.27. The number of nitrogens with one attached hydrogen (secondary N) is 1. The summed E-state index contributed by atoms with van der Waals surface area (Å²) in [6, 6.07) is 1.19. The van der Waals surface area contributed by atoms with Crippen LogP contribution in [0.25, 0.3) is 0 Å². The number of hydrogen-bond donors (Lipinski definition) is 2. The first-order chi connectivity index (χ1) is 9.51. The van der Waals surface area contributed by atoms with E-state index >= 15 is 0 Å². The average Bonchev–Trinajstić information content (AvgIpc) is 2.86. The van der Waals surface area contributed by atoms with Crippen molar-refractivity contribution in [2.45, 2.75) is 30.6 Å². The lowest BCUT2D eigenvalue weighted by molar-refractivity contribution is -0.384. The van der Waals surface area contributed by atoms with Crippen molar-refractivity contribution in [1.82, 2.24) is 4.98 Å². The molecule has 0 spiro atoms. The lowest BCUT2D eigenvalue weighted by Crippen LogP contribution is -2.18. The molecule has 0 bridgehead atoms. The van der Waals surface area contributed by atoms with Gasteiger partial charge in [-0.2, -0.15) is 11.8 Å². The second-order valence-corrected chi connectivity index (χ2v) is 5.80. The number of carboxylic acid groups (broad SMARTS) is 1. The van der Waals surface area contributed by atoms with Crippen LogP contribution < -0.4 is 5.32 Å². The van der Waals surface area contributed by atoms with Crippen LogP contribution >= 0.6 is 11.8 Å². The van der Waals surface area contributed by atoms with Gasteiger partial charge in [-0.3, -0.25) is 10.1 Å². The third-order valence-corrected chi connectivity index (χ3v) is 4.46. The Hall–Kier alpha value is -1.83. The molecule has 20 heavy (non-hydrogen) atoms. The van der Waals surface area contributed by atoms with Crippen molar-refractivity contribution in [3.05, 3.63) is 27.9 Å². The van der Waals surface area contributed by atoms with E-state index in [1.54, 1.807) is 11.8 Å². The molecule has 8 heteroatoms. The molecule has 0 saturated heterocycles. The second kappa shape index (κ2) is 6.08. The van der Waals surface area contributed by atoms with Gasteiger partial charge >= 0.3 is 11.7 Å². The number of pyridine rings is 1. The molecule has 7 nitrogen and oxygen atoms in total. The molecule has 0 aliphatic heterocycles. The molecular weight excluding hydrogens is 282 g/mol. The van der Waals surface area contributed by atoms with E-state index in [1.165, 1.54) is 0 Å². The number of aromatic nitrogens is 1. The molecule has 2 N–H and O–H groups in total. The maximum atomic E-state index is 11.0. The van der Waals surface area contributed by atoms with Crippen LogP contribution in [0.5, 0.6) is 0 Å². The highest BCUT2D eigenvalue weighted by Crippen LogP contribution is 2.32. The largest absolute Gasteiger partial charge is 0.478 e. The van der Waals surface area contributed by atoms with E-state index in [4.69, 9.17) is 5.11 Å². The van der Waals surface area contributed by atoms with Gasteiger partial charge in [-0.15, -0.1) is 0 Å². The molecule has 1 saturated carbocycles. The maximum absolute atomic E-state index is 11.0. The number of carboxylic acids is 1. The SMILES string of the molecule is CSC1CCC(Nc2ncc(C(=O)O)cc2[N+](=O)[O-])C1. The number of hydrogen-bond acceptors (Lipinski definition) is 6. The quantitative estimate of drug-likeness (QED) is 0.635. The molecule has 1 fully saturated rings. The van der Waals surface area contributed by atoms with Crippen LogP contribution in [-0.4, -0.2) is 38.5 Å². The molecule has 0 amide bonds. The molecule has 2 atom stereocenters. The fourth-order valence-electron chi connectivity index (χ4n) is 2.30. The van der Waals surface area contributed by atoms with Gasteiger partial charge in [0.1, 0.15) is 0 Å². The molecular formula is C12H15N3O4S. The minimum atomic E-state index is -1.23. The third kappa shape index (κ3) is 3.19. The van der Waals surface area contributed by atoms with Crippen LogP contribution in [0.3, 0.4) is 0 Å². The van der Waals surface area contributed by atoms with Gasteiger partial charge in [0.2, 0.25) is 5.82 Å². The summed E-state index contributed by atoms with van der Waals surface area (Å²) in [5.41, 5.74) is -0.479. The number of nitro groups is 1. The van der Waals surface area contributed by atoms with Crippen LogP contribution in [0.1, 0.15) is 29.6 Å². The number of rotatable bonds is 5. The predicted octanol–water partition coefficient (Wildman–Crippen LogP) is 2.38. The molecule has 1 aliphatic rings. The third-order valence-electron chi connectivity index (χ3n) is 3.37. The fraction of sp³-hybridized carbons (Fsp3) is 0.500. The van der Waals surface area contributed by atoms with Gasteiger partial charge in [0.15, 0.2) is 0 Å². The zero-order valence-electron chi connectivity index (χ0n) is 10.9. The lowest BCUT2D eigenvalue weighted by Gasteiger charge is -2.13. The van der Waals surface area contributed by atoms with Crippen molar-refractivity contribution in [3.63, 3.8) is 0 Å². The normalized spacial score (nSPS) is 21.6. The molecule has 1 aromatic rings. The second-order valence-electron chi connectivity index (χ2n) is 4.67. The van der Waals surface area contributed by atoms with E-state index in [9.17, 15) is 14.9 Å². The molecule has 1 aliphatic carbocycles. The molecule has 1 heterocycles. The van der Waals surface area contributed by atoms with E-state index in [-0.39, 0.29) is 23.1 Å². The highest BCUT2D eigenvalue weighted by molar-refractivity contribution is 7.99. The Morgan fingerprint density at radius 1 is 1.60 bits per heavy atom. The number of nitrogens with zero attached hydrogens (tertiary/aromatic N) is 2. The van der Waals surface area contributed by atoms with E-state index in [2.05, 4.69) is 16.6 Å². The van der Waals surface area contributed by atoms with Gasteiger partial charge in [0.25, 0.3) is 0 Å². The zero-order chi connectivity index (χ0) is 14.7. The summed E-state index contributed by atoms with van der Waals surface area (Å²) in [4.78, 5) is 25.1. The highest BCUT2D eigenvalue weighted by atomic mass is 32.2. The predicted molar refractivity (Wildman–Crippen MR) is 76.4 cm³/mol. The Bertz CT molecular complexity index is 537. The summed E-state index contributed by atoms with van der Waals surface area (Å²) in [5, 5.41) is 23.5. The summed E-state index contributed by atoms with van der Waals surface area (Å²) in [6.07, 6.45) is 6.12. The van der Waals surface area contributed by atoms with Crippen LogP contribution in [0, 0.1) is 10.1 Å². The summed E-state index contributed by atoms with van der Waals surface area (Å²) in [6.45, 7) is 0. The first-order valence-electron chi connectivity index (χ1n) is 6.18. The first kappa shape index (κ1) is 14.6. The van der Waals surface area contributed by atoms with E-state index in [0.29, 0.717) is 5.25 Å². The van der Waals surface area contributed by atoms with Gasteiger partial charge in [0.05, 0.1) is 10.5 Å². The monoisotopic (exact) mass is 297 g/mol. The zero-order valence-corrected chi connectivity index (χ0v) is 11.7. The number of carbonyl (C=O) groups is 1. The first-order valence-corrected chi connectivity index (χ1v) is 7.47. The Kier molecular flexibility index (Phi) is 4.43. The van der Waals surface area contributed by atoms with Crippen LogP contribution in [0.2, 0.25) is 0 Å². The summed E-state index contributed by atoms with van der Waals surface area (Å²) in [7, 11) is 0.